The lowest BCUT2D eigenvalue weighted by atomic mass is 10.1. The molecule has 0 atom stereocenters. The van der Waals surface area contributed by atoms with E-state index in [0.29, 0.717) is 13.0 Å². The Hall–Kier alpha value is -1.77. The molecule has 0 aliphatic heterocycles. The van der Waals surface area contributed by atoms with Gasteiger partial charge in [0.15, 0.2) is 0 Å². The van der Waals surface area contributed by atoms with E-state index < -0.39 is 0 Å². The summed E-state index contributed by atoms with van der Waals surface area (Å²) in [6, 6.07) is 10.5. The van der Waals surface area contributed by atoms with Crippen LogP contribution in [0.25, 0.3) is 10.9 Å². The topological polar surface area (TPSA) is 42.1 Å². The van der Waals surface area contributed by atoms with E-state index in [-0.39, 0.29) is 5.97 Å². The molecule has 0 aliphatic carbocycles. The van der Waals surface area contributed by atoms with Gasteiger partial charge in [0, 0.05) is 17.6 Å². The first-order valence-corrected chi connectivity index (χ1v) is 7.02. The number of unbranched alkanes of at least 4 members (excludes halogenated alkanes) is 2. The van der Waals surface area contributed by atoms with Gasteiger partial charge < -0.3 is 9.72 Å². The SMILES string of the molecule is CCOC(=O)CCCCCc1cc2ccccc2[nH]1. The van der Waals surface area contributed by atoms with Gasteiger partial charge in [-0.3, -0.25) is 4.79 Å². The summed E-state index contributed by atoms with van der Waals surface area (Å²) < 4.78 is 4.90. The van der Waals surface area contributed by atoms with Crippen LogP contribution in [0.4, 0.5) is 0 Å². The smallest absolute Gasteiger partial charge is 0.305 e. The summed E-state index contributed by atoms with van der Waals surface area (Å²) >= 11 is 0. The number of carbonyl (C=O) groups is 1. The Bertz CT molecular complexity index is 497. The van der Waals surface area contributed by atoms with Crippen LogP contribution in [0.1, 0.15) is 38.3 Å². The minimum absolute atomic E-state index is 0.0758. The van der Waals surface area contributed by atoms with E-state index >= 15 is 0 Å². The predicted octanol–water partition coefficient (Wildman–Crippen LogP) is 3.83. The molecule has 102 valence electrons. The Balaban J connectivity index is 1.69. The fraction of sp³-hybridized carbons (Fsp3) is 0.438. The Morgan fingerprint density at radius 2 is 2.05 bits per heavy atom. The third kappa shape index (κ3) is 4.12. The van der Waals surface area contributed by atoms with E-state index in [4.69, 9.17) is 4.74 Å². The highest BCUT2D eigenvalue weighted by molar-refractivity contribution is 5.80. The fourth-order valence-corrected chi connectivity index (χ4v) is 2.26. The number of H-pyrrole nitrogens is 1. The molecule has 3 nitrogen and oxygen atoms in total. The number of aromatic amines is 1. The van der Waals surface area contributed by atoms with Gasteiger partial charge in [0.1, 0.15) is 0 Å². The molecule has 0 amide bonds. The molecule has 0 fully saturated rings. The third-order valence-electron chi connectivity index (χ3n) is 3.22. The van der Waals surface area contributed by atoms with Crippen molar-refractivity contribution in [1.29, 1.82) is 0 Å². The minimum Gasteiger partial charge on any atom is -0.466 e. The Morgan fingerprint density at radius 1 is 1.21 bits per heavy atom. The summed E-state index contributed by atoms with van der Waals surface area (Å²) in [4.78, 5) is 14.6. The fourth-order valence-electron chi connectivity index (χ4n) is 2.26. The maximum absolute atomic E-state index is 11.2. The van der Waals surface area contributed by atoms with Crippen molar-refractivity contribution in [2.75, 3.05) is 6.61 Å². The van der Waals surface area contributed by atoms with Crippen LogP contribution < -0.4 is 0 Å². The van der Waals surface area contributed by atoms with Crippen LogP contribution in [-0.2, 0) is 16.0 Å². The first kappa shape index (κ1) is 13.7. The molecule has 0 saturated carbocycles. The standard InChI is InChI=1S/C16H21NO2/c1-2-19-16(18)11-5-3-4-9-14-12-13-8-6-7-10-15(13)17-14/h6-8,10,12,17H,2-5,9,11H2,1H3. The summed E-state index contributed by atoms with van der Waals surface area (Å²) in [5.74, 6) is -0.0758. The number of carbonyl (C=O) groups excluding carboxylic acids is 1. The van der Waals surface area contributed by atoms with Crippen molar-refractivity contribution < 1.29 is 9.53 Å². The highest BCUT2D eigenvalue weighted by atomic mass is 16.5. The molecule has 0 bridgehead atoms. The number of ether oxygens (including phenoxy) is 1. The second kappa shape index (κ2) is 6.98. The number of nitrogens with one attached hydrogen (secondary N) is 1. The highest BCUT2D eigenvalue weighted by Crippen LogP contribution is 2.16. The molecule has 3 heteroatoms. The number of esters is 1. The van der Waals surface area contributed by atoms with Crippen molar-refractivity contribution in [3.05, 3.63) is 36.0 Å². The van der Waals surface area contributed by atoms with Gasteiger partial charge in [-0.1, -0.05) is 24.6 Å². The number of rotatable bonds is 7. The molecule has 1 aromatic heterocycles. The Morgan fingerprint density at radius 3 is 2.84 bits per heavy atom. The lowest BCUT2D eigenvalue weighted by Crippen LogP contribution is -2.03. The van der Waals surface area contributed by atoms with E-state index in [1.807, 2.05) is 13.0 Å². The predicted molar refractivity (Wildman–Crippen MR) is 77.1 cm³/mol. The molecule has 19 heavy (non-hydrogen) atoms. The summed E-state index contributed by atoms with van der Waals surface area (Å²) in [6.45, 7) is 2.32. The van der Waals surface area contributed by atoms with Crippen LogP contribution in [-0.4, -0.2) is 17.6 Å². The first-order valence-electron chi connectivity index (χ1n) is 7.02. The van der Waals surface area contributed by atoms with Gasteiger partial charge in [-0.15, -0.1) is 0 Å². The molecule has 1 aromatic carbocycles. The number of para-hydroxylation sites is 1. The van der Waals surface area contributed by atoms with Crippen molar-refractivity contribution >= 4 is 16.9 Å². The summed E-state index contributed by atoms with van der Waals surface area (Å²) in [5, 5.41) is 1.27. The Kier molecular flexibility index (Phi) is 5.01. The van der Waals surface area contributed by atoms with E-state index in [1.165, 1.54) is 16.6 Å². The molecule has 0 spiro atoms. The van der Waals surface area contributed by atoms with Crippen molar-refractivity contribution in [1.82, 2.24) is 4.98 Å². The molecule has 0 aliphatic rings. The van der Waals surface area contributed by atoms with Crippen molar-refractivity contribution in [3.63, 3.8) is 0 Å². The van der Waals surface area contributed by atoms with Gasteiger partial charge in [0.2, 0.25) is 0 Å². The number of hydrogen-bond donors (Lipinski definition) is 1. The molecule has 1 N–H and O–H groups in total. The maximum atomic E-state index is 11.2. The summed E-state index contributed by atoms with van der Waals surface area (Å²) in [6.07, 6.45) is 4.66. The van der Waals surface area contributed by atoms with Gasteiger partial charge in [-0.25, -0.2) is 0 Å². The van der Waals surface area contributed by atoms with E-state index in [2.05, 4.69) is 29.2 Å². The zero-order valence-corrected chi connectivity index (χ0v) is 11.4. The van der Waals surface area contributed by atoms with Crippen LogP contribution >= 0.6 is 0 Å². The monoisotopic (exact) mass is 259 g/mol. The van der Waals surface area contributed by atoms with Crippen molar-refractivity contribution in [2.24, 2.45) is 0 Å². The number of aromatic nitrogens is 1. The molecule has 0 saturated heterocycles. The van der Waals surface area contributed by atoms with Crippen LogP contribution in [0.5, 0.6) is 0 Å². The molecular weight excluding hydrogens is 238 g/mol. The average molecular weight is 259 g/mol. The van der Waals surface area contributed by atoms with Crippen molar-refractivity contribution in [2.45, 2.75) is 39.0 Å². The van der Waals surface area contributed by atoms with Gasteiger partial charge in [-0.05, 0) is 43.7 Å². The van der Waals surface area contributed by atoms with Gasteiger partial charge >= 0.3 is 5.97 Å². The lowest BCUT2D eigenvalue weighted by molar-refractivity contribution is -0.143. The normalized spacial score (nSPS) is 10.8. The second-order valence-corrected chi connectivity index (χ2v) is 4.75. The molecular formula is C16H21NO2. The van der Waals surface area contributed by atoms with Gasteiger partial charge in [0.25, 0.3) is 0 Å². The average Bonchev–Trinajstić information content (AvgIpc) is 2.81. The zero-order chi connectivity index (χ0) is 13.5. The largest absolute Gasteiger partial charge is 0.466 e. The second-order valence-electron chi connectivity index (χ2n) is 4.75. The number of benzene rings is 1. The highest BCUT2D eigenvalue weighted by Gasteiger charge is 2.02. The van der Waals surface area contributed by atoms with E-state index in [1.54, 1.807) is 0 Å². The molecule has 1 heterocycles. The van der Waals surface area contributed by atoms with Crippen molar-refractivity contribution in [3.8, 4) is 0 Å². The van der Waals surface area contributed by atoms with Gasteiger partial charge in [0.05, 0.1) is 6.61 Å². The minimum atomic E-state index is -0.0758. The first-order chi connectivity index (χ1) is 9.29. The molecule has 2 rings (SSSR count). The van der Waals surface area contributed by atoms with Crippen LogP contribution in [0.2, 0.25) is 0 Å². The van der Waals surface area contributed by atoms with Crippen LogP contribution in [0, 0.1) is 0 Å². The van der Waals surface area contributed by atoms with Crippen LogP contribution in [0.15, 0.2) is 30.3 Å². The summed E-state index contributed by atoms with van der Waals surface area (Å²) in [7, 11) is 0. The number of hydrogen-bond acceptors (Lipinski definition) is 2. The zero-order valence-electron chi connectivity index (χ0n) is 11.4. The number of aryl methyl sites for hydroxylation is 1. The van der Waals surface area contributed by atoms with Crippen LogP contribution in [0.3, 0.4) is 0 Å². The summed E-state index contributed by atoms with van der Waals surface area (Å²) in [5.41, 5.74) is 2.47. The van der Waals surface area contributed by atoms with Gasteiger partial charge in [-0.2, -0.15) is 0 Å². The maximum Gasteiger partial charge on any atom is 0.305 e. The third-order valence-corrected chi connectivity index (χ3v) is 3.22. The van der Waals surface area contributed by atoms with E-state index in [9.17, 15) is 4.79 Å². The molecule has 0 unspecified atom stereocenters. The number of fused-ring (bicyclic) bond motifs is 1. The molecule has 0 radical (unpaired) electrons. The molecule has 2 aromatic rings. The van der Waals surface area contributed by atoms with E-state index in [0.717, 1.165) is 25.7 Å². The Labute approximate surface area is 114 Å². The quantitative estimate of drug-likeness (QED) is 0.606. The lowest BCUT2D eigenvalue weighted by Gasteiger charge is -2.01.